The van der Waals surface area contributed by atoms with Crippen LogP contribution in [0.25, 0.3) is 5.78 Å². The Labute approximate surface area is 123 Å². The van der Waals surface area contributed by atoms with Gasteiger partial charge in [0.05, 0.1) is 5.69 Å². The number of likely N-dealkylation sites (tertiary alicyclic amines) is 1. The highest BCUT2D eigenvalue weighted by molar-refractivity contribution is 5.25. The highest BCUT2D eigenvalue weighted by Crippen LogP contribution is 2.17. The van der Waals surface area contributed by atoms with Crippen LogP contribution >= 0.6 is 0 Å². The molecule has 0 aliphatic carbocycles. The number of aromatic nitrogens is 4. The van der Waals surface area contributed by atoms with Gasteiger partial charge in [0.1, 0.15) is 6.33 Å². The second-order valence-electron chi connectivity index (χ2n) is 5.64. The van der Waals surface area contributed by atoms with Crippen LogP contribution in [0.5, 0.6) is 0 Å². The number of piperidine rings is 1. The highest BCUT2D eigenvalue weighted by Gasteiger charge is 2.19. The molecule has 0 amide bonds. The van der Waals surface area contributed by atoms with Crippen LogP contribution in [0.1, 0.15) is 25.5 Å². The standard InChI is InChI=1S/C14H22N6O/c1-2-15-8-11-3-5-19(6-4-11)9-12-7-13(21)20-14(18-12)16-10-17-20/h7,10-11,15H,2-6,8-9H2,1H3,(H,16,17,18). The van der Waals surface area contributed by atoms with Crippen molar-refractivity contribution in [2.24, 2.45) is 5.92 Å². The van der Waals surface area contributed by atoms with Gasteiger partial charge in [-0.15, -0.1) is 0 Å². The topological polar surface area (TPSA) is 78.3 Å². The van der Waals surface area contributed by atoms with Gasteiger partial charge in [-0.05, 0) is 44.9 Å². The Hall–Kier alpha value is -1.73. The van der Waals surface area contributed by atoms with Crippen LogP contribution in [-0.2, 0) is 6.54 Å². The van der Waals surface area contributed by atoms with E-state index in [-0.39, 0.29) is 5.56 Å². The van der Waals surface area contributed by atoms with Gasteiger partial charge in [0, 0.05) is 12.6 Å². The molecule has 7 nitrogen and oxygen atoms in total. The molecule has 1 fully saturated rings. The van der Waals surface area contributed by atoms with E-state index >= 15 is 0 Å². The van der Waals surface area contributed by atoms with Crippen LogP contribution in [0.2, 0.25) is 0 Å². The number of fused-ring (bicyclic) bond motifs is 1. The molecule has 0 spiro atoms. The summed E-state index contributed by atoms with van der Waals surface area (Å²) in [6.45, 7) is 7.16. The number of hydrogen-bond donors (Lipinski definition) is 2. The minimum absolute atomic E-state index is 0.102. The number of H-pyrrole nitrogens is 1. The third-order valence-electron chi connectivity index (χ3n) is 4.10. The zero-order valence-electron chi connectivity index (χ0n) is 12.4. The normalized spacial score (nSPS) is 17.6. The average Bonchev–Trinajstić information content (AvgIpc) is 2.95. The van der Waals surface area contributed by atoms with Gasteiger partial charge >= 0.3 is 0 Å². The molecule has 1 saturated heterocycles. The molecule has 0 unspecified atom stereocenters. The first kappa shape index (κ1) is 14.2. The van der Waals surface area contributed by atoms with Gasteiger partial charge in [-0.1, -0.05) is 6.92 Å². The summed E-state index contributed by atoms with van der Waals surface area (Å²) in [6, 6.07) is 1.59. The van der Waals surface area contributed by atoms with Crippen molar-refractivity contribution in [1.29, 1.82) is 0 Å². The molecule has 1 aliphatic heterocycles. The van der Waals surface area contributed by atoms with E-state index < -0.39 is 0 Å². The second kappa shape index (κ2) is 6.36. The molecule has 0 saturated carbocycles. The molecule has 2 N–H and O–H groups in total. The van der Waals surface area contributed by atoms with Gasteiger partial charge in [0.15, 0.2) is 0 Å². The Morgan fingerprint density at radius 2 is 2.24 bits per heavy atom. The van der Waals surface area contributed by atoms with Gasteiger partial charge in [-0.3, -0.25) is 14.8 Å². The maximum absolute atomic E-state index is 11.9. The predicted octanol–water partition coefficient (Wildman–Crippen LogP) is 0.239. The van der Waals surface area contributed by atoms with Crippen molar-refractivity contribution < 1.29 is 0 Å². The van der Waals surface area contributed by atoms with E-state index in [0.29, 0.717) is 5.78 Å². The molecule has 2 aromatic heterocycles. The molecule has 3 heterocycles. The SMILES string of the molecule is CCNCC1CCN(Cc2cc(=O)n3[nH]cnc3n2)CC1. The summed E-state index contributed by atoms with van der Waals surface area (Å²) in [6.07, 6.45) is 3.90. The number of hydrogen-bond acceptors (Lipinski definition) is 5. The zero-order chi connectivity index (χ0) is 14.7. The highest BCUT2D eigenvalue weighted by atomic mass is 16.1. The minimum atomic E-state index is -0.102. The molecule has 0 atom stereocenters. The minimum Gasteiger partial charge on any atom is -0.317 e. The third kappa shape index (κ3) is 3.30. The van der Waals surface area contributed by atoms with E-state index in [2.05, 4.69) is 32.2 Å². The summed E-state index contributed by atoms with van der Waals surface area (Å²) in [5.74, 6) is 1.22. The van der Waals surface area contributed by atoms with Crippen LogP contribution in [0.3, 0.4) is 0 Å². The van der Waals surface area contributed by atoms with Crippen molar-refractivity contribution in [3.63, 3.8) is 0 Å². The molecule has 2 aromatic rings. The van der Waals surface area contributed by atoms with E-state index in [1.807, 2.05) is 0 Å². The monoisotopic (exact) mass is 290 g/mol. The summed E-state index contributed by atoms with van der Waals surface area (Å²) >= 11 is 0. The van der Waals surface area contributed by atoms with Gasteiger partial charge in [0.2, 0.25) is 0 Å². The van der Waals surface area contributed by atoms with E-state index in [1.54, 1.807) is 6.07 Å². The number of nitrogens with one attached hydrogen (secondary N) is 2. The first-order valence-electron chi connectivity index (χ1n) is 7.61. The van der Waals surface area contributed by atoms with E-state index in [9.17, 15) is 4.79 Å². The third-order valence-corrected chi connectivity index (χ3v) is 4.10. The van der Waals surface area contributed by atoms with E-state index in [4.69, 9.17) is 0 Å². The number of rotatable bonds is 5. The van der Waals surface area contributed by atoms with E-state index in [0.717, 1.165) is 44.3 Å². The van der Waals surface area contributed by atoms with Crippen LogP contribution in [-0.4, -0.2) is 50.7 Å². The van der Waals surface area contributed by atoms with Crippen molar-refractivity contribution >= 4 is 5.78 Å². The van der Waals surface area contributed by atoms with Crippen molar-refractivity contribution in [2.75, 3.05) is 26.2 Å². The molecule has 21 heavy (non-hydrogen) atoms. The van der Waals surface area contributed by atoms with Crippen LogP contribution < -0.4 is 10.9 Å². The molecule has 0 radical (unpaired) electrons. The molecular weight excluding hydrogens is 268 g/mol. The lowest BCUT2D eigenvalue weighted by Gasteiger charge is -2.31. The quantitative estimate of drug-likeness (QED) is 0.825. The van der Waals surface area contributed by atoms with E-state index in [1.165, 1.54) is 23.7 Å². The molecule has 1 aliphatic rings. The zero-order valence-corrected chi connectivity index (χ0v) is 12.4. The first-order valence-corrected chi connectivity index (χ1v) is 7.61. The largest absolute Gasteiger partial charge is 0.317 e. The summed E-state index contributed by atoms with van der Waals surface area (Å²) < 4.78 is 1.35. The Morgan fingerprint density at radius 3 is 3.00 bits per heavy atom. The molecule has 0 aromatic carbocycles. The van der Waals surface area contributed by atoms with Gasteiger partial charge in [-0.2, -0.15) is 4.52 Å². The predicted molar refractivity (Wildman–Crippen MR) is 80.2 cm³/mol. The van der Waals surface area contributed by atoms with Crippen LogP contribution in [0.4, 0.5) is 0 Å². The smallest absolute Gasteiger partial charge is 0.274 e. The lowest BCUT2D eigenvalue weighted by Crippen LogP contribution is -2.37. The summed E-state index contributed by atoms with van der Waals surface area (Å²) in [7, 11) is 0. The Morgan fingerprint density at radius 1 is 1.43 bits per heavy atom. The fourth-order valence-corrected chi connectivity index (χ4v) is 2.88. The fourth-order valence-electron chi connectivity index (χ4n) is 2.88. The second-order valence-corrected chi connectivity index (χ2v) is 5.64. The number of aromatic amines is 1. The maximum Gasteiger partial charge on any atom is 0.274 e. The van der Waals surface area contributed by atoms with Crippen molar-refractivity contribution in [1.82, 2.24) is 29.8 Å². The lowest BCUT2D eigenvalue weighted by molar-refractivity contribution is 0.174. The van der Waals surface area contributed by atoms with Gasteiger partial charge in [0.25, 0.3) is 11.3 Å². The fraction of sp³-hybridized carbons (Fsp3) is 0.643. The Balaban J connectivity index is 1.60. The van der Waals surface area contributed by atoms with Crippen LogP contribution in [0, 0.1) is 5.92 Å². The molecule has 114 valence electrons. The van der Waals surface area contributed by atoms with Crippen molar-refractivity contribution in [3.8, 4) is 0 Å². The molecular formula is C14H22N6O. The summed E-state index contributed by atoms with van der Waals surface area (Å²) in [5.41, 5.74) is 0.701. The Kier molecular flexibility index (Phi) is 4.31. The molecule has 0 bridgehead atoms. The molecule has 7 heteroatoms. The summed E-state index contributed by atoms with van der Waals surface area (Å²) in [4.78, 5) is 22.7. The van der Waals surface area contributed by atoms with Gasteiger partial charge < -0.3 is 5.32 Å². The van der Waals surface area contributed by atoms with Crippen LogP contribution in [0.15, 0.2) is 17.2 Å². The Bertz CT molecular complexity index is 640. The molecule has 3 rings (SSSR count). The lowest BCUT2D eigenvalue weighted by atomic mass is 9.96. The average molecular weight is 290 g/mol. The first-order chi connectivity index (χ1) is 10.3. The summed E-state index contributed by atoms with van der Waals surface area (Å²) in [5, 5.41) is 6.17. The maximum atomic E-state index is 11.9. The van der Waals surface area contributed by atoms with Crippen molar-refractivity contribution in [2.45, 2.75) is 26.3 Å². The van der Waals surface area contributed by atoms with Crippen molar-refractivity contribution in [3.05, 3.63) is 28.4 Å². The number of nitrogens with zero attached hydrogens (tertiary/aromatic N) is 4. The van der Waals surface area contributed by atoms with Gasteiger partial charge in [-0.25, -0.2) is 9.97 Å².